The summed E-state index contributed by atoms with van der Waals surface area (Å²) in [6, 6.07) is 8.27. The second kappa shape index (κ2) is 11.8. The number of hydrogen-bond donors (Lipinski definition) is 1. The van der Waals surface area contributed by atoms with Gasteiger partial charge in [-0.3, -0.25) is 9.69 Å². The quantitative estimate of drug-likeness (QED) is 0.401. The number of carbonyl (C=O) groups excluding carboxylic acids is 1. The third-order valence-corrected chi connectivity index (χ3v) is 7.80. The number of ether oxygens (including phenoxy) is 1. The summed E-state index contributed by atoms with van der Waals surface area (Å²) in [5.74, 6) is -3.70. The van der Waals surface area contributed by atoms with Crippen molar-refractivity contribution in [3.63, 3.8) is 0 Å². The summed E-state index contributed by atoms with van der Waals surface area (Å²) in [5, 5.41) is 3.49. The number of benzene rings is 1. The Morgan fingerprint density at radius 3 is 2.39 bits per heavy atom. The number of carbonyl (C=O) groups is 1. The van der Waals surface area contributed by atoms with Crippen molar-refractivity contribution in [2.75, 3.05) is 44.7 Å². The molecule has 2 saturated heterocycles. The Bertz CT molecular complexity index is 1350. The maximum absolute atomic E-state index is 13.8. The maximum atomic E-state index is 13.8. The van der Waals surface area contributed by atoms with Gasteiger partial charge >= 0.3 is 6.18 Å². The number of amides is 1. The van der Waals surface area contributed by atoms with E-state index in [1.54, 1.807) is 24.1 Å². The van der Waals surface area contributed by atoms with E-state index in [0.717, 1.165) is 44.1 Å². The van der Waals surface area contributed by atoms with Gasteiger partial charge in [-0.2, -0.15) is 13.2 Å². The van der Waals surface area contributed by atoms with E-state index < -0.39 is 29.9 Å². The number of fused-ring (bicyclic) bond motifs is 1. The molecule has 2 aliphatic rings. The summed E-state index contributed by atoms with van der Waals surface area (Å²) >= 11 is 0. The number of aromatic nitrogens is 3. The molecule has 0 spiro atoms. The molecule has 0 saturated carbocycles. The van der Waals surface area contributed by atoms with E-state index in [0.29, 0.717) is 22.0 Å². The van der Waals surface area contributed by atoms with E-state index in [4.69, 9.17) is 9.72 Å². The summed E-state index contributed by atoms with van der Waals surface area (Å²) in [5.41, 5.74) is 1.33. The first-order valence-electron chi connectivity index (χ1n) is 13.5. The fraction of sp³-hybridized carbons (Fsp3) is 0.500. The molecule has 4 heterocycles. The Morgan fingerprint density at radius 2 is 1.76 bits per heavy atom. The van der Waals surface area contributed by atoms with Gasteiger partial charge in [-0.05, 0) is 37.1 Å². The van der Waals surface area contributed by atoms with Crippen LogP contribution in [0.25, 0.3) is 10.9 Å². The van der Waals surface area contributed by atoms with Gasteiger partial charge in [-0.1, -0.05) is 6.07 Å². The van der Waals surface area contributed by atoms with E-state index in [2.05, 4.69) is 20.2 Å². The molecule has 0 radical (unpaired) electrons. The molecule has 41 heavy (non-hydrogen) atoms. The van der Waals surface area contributed by atoms with Crippen LogP contribution in [0.4, 0.5) is 27.8 Å². The first-order chi connectivity index (χ1) is 19.5. The summed E-state index contributed by atoms with van der Waals surface area (Å²) in [4.78, 5) is 28.9. The number of nitrogens with one attached hydrogen (secondary N) is 1. The van der Waals surface area contributed by atoms with E-state index >= 15 is 0 Å². The lowest BCUT2D eigenvalue weighted by molar-refractivity contribution is -0.145. The van der Waals surface area contributed by atoms with Crippen molar-refractivity contribution in [3.05, 3.63) is 59.7 Å². The molecule has 5 rings (SSSR count). The minimum absolute atomic E-state index is 0.0111. The molecule has 0 bridgehead atoms. The van der Waals surface area contributed by atoms with Crippen molar-refractivity contribution in [1.82, 2.24) is 25.2 Å². The lowest BCUT2D eigenvalue weighted by Crippen LogP contribution is -2.45. The Kier molecular flexibility index (Phi) is 8.37. The lowest BCUT2D eigenvalue weighted by atomic mass is 10.0. The summed E-state index contributed by atoms with van der Waals surface area (Å²) < 4.78 is 72.1. The summed E-state index contributed by atoms with van der Waals surface area (Å²) in [6.45, 7) is 1.62. The van der Waals surface area contributed by atoms with Crippen LogP contribution in [-0.2, 0) is 10.9 Å². The van der Waals surface area contributed by atoms with E-state index in [9.17, 15) is 26.7 Å². The van der Waals surface area contributed by atoms with Crippen LogP contribution in [0.1, 0.15) is 53.5 Å². The predicted octanol–water partition coefficient (Wildman–Crippen LogP) is 4.86. The van der Waals surface area contributed by atoms with Crippen molar-refractivity contribution >= 4 is 22.6 Å². The smallest absolute Gasteiger partial charge is 0.381 e. The average Bonchev–Trinajstić information content (AvgIpc) is 2.97. The van der Waals surface area contributed by atoms with Crippen LogP contribution in [0.2, 0.25) is 0 Å². The molecule has 13 heteroatoms. The highest BCUT2D eigenvalue weighted by Gasteiger charge is 2.38. The van der Waals surface area contributed by atoms with Crippen molar-refractivity contribution in [2.24, 2.45) is 0 Å². The zero-order chi connectivity index (χ0) is 29.2. The molecule has 8 nitrogen and oxygen atoms in total. The molecule has 2 aromatic heterocycles. The number of alkyl halides is 5. The van der Waals surface area contributed by atoms with Crippen LogP contribution in [0.5, 0.6) is 0 Å². The number of nitrogens with zero attached hydrogens (tertiary/aromatic N) is 5. The molecule has 1 unspecified atom stereocenters. The van der Waals surface area contributed by atoms with Crippen molar-refractivity contribution in [1.29, 1.82) is 0 Å². The minimum Gasteiger partial charge on any atom is -0.381 e. The van der Waals surface area contributed by atoms with Gasteiger partial charge in [-0.15, -0.1) is 0 Å². The molecule has 1 atom stereocenters. The molecule has 1 N–H and O–H groups in total. The Balaban J connectivity index is 1.33. The van der Waals surface area contributed by atoms with Crippen LogP contribution in [0.15, 0.2) is 42.7 Å². The van der Waals surface area contributed by atoms with Gasteiger partial charge in [0.2, 0.25) is 5.82 Å². The number of rotatable bonds is 7. The normalized spacial score (nSPS) is 19.3. The summed E-state index contributed by atoms with van der Waals surface area (Å²) in [6.07, 6.45) is -1.37. The van der Waals surface area contributed by atoms with Gasteiger partial charge in [-0.25, -0.2) is 23.7 Å². The number of piperidine rings is 2. The molecule has 3 aromatic rings. The number of anilines is 1. The molecular weight excluding hydrogens is 547 g/mol. The van der Waals surface area contributed by atoms with Crippen LogP contribution in [-0.4, -0.2) is 77.6 Å². The molecule has 220 valence electrons. The monoisotopic (exact) mass is 578 g/mol. The van der Waals surface area contributed by atoms with Crippen LogP contribution < -0.4 is 10.2 Å². The summed E-state index contributed by atoms with van der Waals surface area (Å²) in [7, 11) is 1.71. The molecule has 2 aliphatic heterocycles. The van der Waals surface area contributed by atoms with E-state index in [1.165, 1.54) is 0 Å². The third kappa shape index (κ3) is 6.72. The molecule has 1 amide bonds. The van der Waals surface area contributed by atoms with Gasteiger partial charge in [0.25, 0.3) is 11.8 Å². The fourth-order valence-corrected chi connectivity index (χ4v) is 5.40. The highest BCUT2D eigenvalue weighted by atomic mass is 19.4. The topological polar surface area (TPSA) is 83.5 Å². The molecule has 0 aliphatic carbocycles. The van der Waals surface area contributed by atoms with Gasteiger partial charge in [0.15, 0.2) is 0 Å². The van der Waals surface area contributed by atoms with Gasteiger partial charge in [0, 0.05) is 81.6 Å². The van der Waals surface area contributed by atoms with Crippen molar-refractivity contribution < 1.29 is 31.5 Å². The Hall–Kier alpha value is -3.45. The van der Waals surface area contributed by atoms with Gasteiger partial charge in [0.05, 0.1) is 17.7 Å². The fourth-order valence-electron chi connectivity index (χ4n) is 5.40. The van der Waals surface area contributed by atoms with E-state index in [1.807, 2.05) is 18.2 Å². The second-order valence-electron chi connectivity index (χ2n) is 10.4. The van der Waals surface area contributed by atoms with E-state index in [-0.39, 0.29) is 38.6 Å². The van der Waals surface area contributed by atoms with Crippen molar-refractivity contribution in [2.45, 2.75) is 49.9 Å². The second-order valence-corrected chi connectivity index (χ2v) is 10.4. The number of halogens is 5. The number of hydrogen-bond acceptors (Lipinski definition) is 7. The molecule has 1 aromatic carbocycles. The Labute approximate surface area is 233 Å². The zero-order valence-corrected chi connectivity index (χ0v) is 22.5. The lowest BCUT2D eigenvalue weighted by Gasteiger charge is -2.37. The van der Waals surface area contributed by atoms with Crippen molar-refractivity contribution in [3.8, 4) is 0 Å². The van der Waals surface area contributed by atoms with Crippen LogP contribution in [0, 0.1) is 0 Å². The SMILES string of the molecule is COC1CCN(c2ccc3c(C(=O)NCC(c4cnc(C(F)(F)F)nc4)N4CCC(F)(F)CC4)cccc3n2)CC1. The zero-order valence-electron chi connectivity index (χ0n) is 22.5. The highest BCUT2D eigenvalue weighted by Crippen LogP contribution is 2.33. The predicted molar refractivity (Wildman–Crippen MR) is 142 cm³/mol. The number of likely N-dealkylation sites (tertiary alicyclic amines) is 1. The highest BCUT2D eigenvalue weighted by molar-refractivity contribution is 6.06. The maximum Gasteiger partial charge on any atom is 0.451 e. The Morgan fingerprint density at radius 1 is 1.07 bits per heavy atom. The standard InChI is InChI=1S/C28H31F5N6O2/c1-41-19-7-11-39(12-8-19)24-6-5-20-21(3-2-4-22(20)37-24)25(40)34-17-23(38-13-9-27(29,30)10-14-38)18-15-35-26(36-16-18)28(31,32)33/h2-6,15-16,19,23H,7-14,17H2,1H3,(H,34,40). The van der Waals surface area contributed by atoms with Gasteiger partial charge < -0.3 is 15.0 Å². The molecular formula is C28H31F5N6O2. The average molecular weight is 579 g/mol. The van der Waals surface area contributed by atoms with Gasteiger partial charge in [0.1, 0.15) is 5.82 Å². The third-order valence-electron chi connectivity index (χ3n) is 7.80. The van der Waals surface area contributed by atoms with Crippen LogP contribution >= 0.6 is 0 Å². The molecule has 2 fully saturated rings. The minimum atomic E-state index is -4.71. The first-order valence-corrected chi connectivity index (χ1v) is 13.5. The largest absolute Gasteiger partial charge is 0.451 e. The number of pyridine rings is 1. The first kappa shape index (κ1) is 29.1. The number of methoxy groups -OCH3 is 1. The van der Waals surface area contributed by atoms with Crippen LogP contribution in [0.3, 0.4) is 0 Å².